The van der Waals surface area contributed by atoms with Crippen molar-refractivity contribution in [2.75, 3.05) is 6.54 Å². The molecule has 2 heterocycles. The van der Waals surface area contributed by atoms with E-state index < -0.39 is 0 Å². The molecule has 4 rings (SSSR count). The number of carbonyl (C=O) groups is 1. The van der Waals surface area contributed by atoms with Crippen LogP contribution in [-0.4, -0.2) is 32.4 Å². The molecule has 0 saturated heterocycles. The topological polar surface area (TPSA) is 75.6 Å². The highest BCUT2D eigenvalue weighted by atomic mass is 16.1. The van der Waals surface area contributed by atoms with Gasteiger partial charge in [0.15, 0.2) is 0 Å². The molecule has 6 nitrogen and oxygen atoms in total. The average molecular weight is 444 g/mol. The average Bonchev–Trinajstić information content (AvgIpc) is 3.46. The fourth-order valence-electron chi connectivity index (χ4n) is 4.14. The number of benzene rings is 2. The van der Waals surface area contributed by atoms with Gasteiger partial charge >= 0.3 is 0 Å². The Morgan fingerprint density at radius 3 is 2.70 bits per heavy atom. The van der Waals surface area contributed by atoms with Gasteiger partial charge in [0.05, 0.1) is 12.2 Å². The summed E-state index contributed by atoms with van der Waals surface area (Å²) in [4.78, 5) is 15.8. The Bertz CT molecular complexity index is 1160. The fourth-order valence-corrected chi connectivity index (χ4v) is 4.14. The lowest BCUT2D eigenvalue weighted by Crippen LogP contribution is -2.27. The molecule has 2 N–H and O–H groups in total. The molecule has 33 heavy (non-hydrogen) atoms. The molecule has 0 radical (unpaired) electrons. The number of fused-ring (bicyclic) bond motifs is 1. The number of aryl methyl sites for hydroxylation is 1. The predicted molar refractivity (Wildman–Crippen MR) is 132 cm³/mol. The lowest BCUT2D eigenvalue weighted by molar-refractivity contribution is 0.0952. The number of para-hydroxylation sites is 1. The van der Waals surface area contributed by atoms with E-state index in [-0.39, 0.29) is 5.91 Å². The van der Waals surface area contributed by atoms with E-state index in [1.165, 1.54) is 48.6 Å². The molecule has 0 saturated carbocycles. The molecular weight excluding hydrogens is 410 g/mol. The van der Waals surface area contributed by atoms with Crippen LogP contribution in [0, 0.1) is 0 Å². The van der Waals surface area contributed by atoms with Gasteiger partial charge in [-0.2, -0.15) is 0 Å². The van der Waals surface area contributed by atoms with Crippen molar-refractivity contribution in [3.05, 3.63) is 83.3 Å². The van der Waals surface area contributed by atoms with Crippen molar-refractivity contribution >= 4 is 16.8 Å². The summed E-state index contributed by atoms with van der Waals surface area (Å²) >= 11 is 0. The summed E-state index contributed by atoms with van der Waals surface area (Å²) in [6.45, 7) is 3.33. The monoisotopic (exact) mass is 443 g/mol. The number of aromatic nitrogens is 4. The minimum Gasteiger partial charge on any atom is -0.361 e. The van der Waals surface area contributed by atoms with Crippen LogP contribution in [0.2, 0.25) is 0 Å². The molecule has 6 heteroatoms. The summed E-state index contributed by atoms with van der Waals surface area (Å²) in [7, 11) is 0. The van der Waals surface area contributed by atoms with E-state index in [1.807, 2.05) is 36.7 Å². The zero-order valence-corrected chi connectivity index (χ0v) is 19.4. The molecule has 2 aromatic carbocycles. The van der Waals surface area contributed by atoms with Crippen LogP contribution in [-0.2, 0) is 19.4 Å². The summed E-state index contributed by atoms with van der Waals surface area (Å²) in [5, 5.41) is 12.7. The number of aromatic amines is 1. The molecule has 0 aliphatic heterocycles. The maximum absolute atomic E-state index is 12.5. The number of hydrogen-bond acceptors (Lipinski definition) is 3. The Hall–Kier alpha value is -3.41. The van der Waals surface area contributed by atoms with Gasteiger partial charge in [-0.25, -0.2) is 0 Å². The summed E-state index contributed by atoms with van der Waals surface area (Å²) in [5.41, 5.74) is 5.24. The van der Waals surface area contributed by atoms with Gasteiger partial charge in [0.1, 0.15) is 0 Å². The number of rotatable bonds is 12. The van der Waals surface area contributed by atoms with Gasteiger partial charge in [0.2, 0.25) is 0 Å². The van der Waals surface area contributed by atoms with Crippen molar-refractivity contribution in [2.45, 2.75) is 58.4 Å². The quantitative estimate of drug-likeness (QED) is 0.292. The molecule has 172 valence electrons. The molecule has 0 aliphatic carbocycles. The number of unbranched alkanes of at least 4 members (excludes halogenated alkanes) is 4. The molecule has 0 atom stereocenters. The second-order valence-corrected chi connectivity index (χ2v) is 8.63. The first-order valence-electron chi connectivity index (χ1n) is 12.0. The normalized spacial score (nSPS) is 11.2. The van der Waals surface area contributed by atoms with Crippen LogP contribution < -0.4 is 5.32 Å². The van der Waals surface area contributed by atoms with E-state index in [2.05, 4.69) is 51.8 Å². The largest absolute Gasteiger partial charge is 0.361 e. The van der Waals surface area contributed by atoms with E-state index in [1.54, 1.807) is 4.68 Å². The first kappa shape index (κ1) is 22.8. The second-order valence-electron chi connectivity index (χ2n) is 8.63. The first-order chi connectivity index (χ1) is 16.2. The van der Waals surface area contributed by atoms with E-state index in [0.717, 1.165) is 24.1 Å². The molecule has 0 spiro atoms. The van der Waals surface area contributed by atoms with Gasteiger partial charge in [0.25, 0.3) is 5.91 Å². The highest BCUT2D eigenvalue weighted by molar-refractivity contribution is 5.94. The number of H-pyrrole nitrogens is 1. The number of nitrogens with zero attached hydrogens (tertiary/aromatic N) is 3. The van der Waals surface area contributed by atoms with E-state index in [0.29, 0.717) is 18.7 Å². The minimum atomic E-state index is -0.0522. The number of hydrogen-bond donors (Lipinski definition) is 2. The summed E-state index contributed by atoms with van der Waals surface area (Å²) in [6, 6.07) is 16.2. The Kier molecular flexibility index (Phi) is 7.90. The number of nitrogens with one attached hydrogen (secondary N) is 2. The SMILES string of the molecule is CCCCCCCc1ccc(C(=O)NCCn2cc(Cc3c[nH]c4ccccc34)nn2)cc1. The Balaban J connectivity index is 1.21. The summed E-state index contributed by atoms with van der Waals surface area (Å²) < 4.78 is 1.78. The molecule has 0 fully saturated rings. The van der Waals surface area contributed by atoms with Crippen molar-refractivity contribution in [1.82, 2.24) is 25.3 Å². The lowest BCUT2D eigenvalue weighted by Gasteiger charge is -2.06. The highest BCUT2D eigenvalue weighted by Crippen LogP contribution is 2.19. The van der Waals surface area contributed by atoms with Gasteiger partial charge < -0.3 is 10.3 Å². The molecule has 0 unspecified atom stereocenters. The third kappa shape index (κ3) is 6.31. The number of amides is 1. The maximum Gasteiger partial charge on any atom is 0.251 e. The standard InChI is InChI=1S/C27H33N5O/c1-2-3-4-5-6-9-21-12-14-22(15-13-21)27(33)28-16-17-32-20-24(30-31-32)18-23-19-29-26-11-8-7-10-25(23)26/h7-8,10-15,19-20,29H,2-6,9,16-18H2,1H3,(H,28,33). The van der Waals surface area contributed by atoms with E-state index in [4.69, 9.17) is 0 Å². The van der Waals surface area contributed by atoms with Crippen molar-refractivity contribution in [1.29, 1.82) is 0 Å². The Morgan fingerprint density at radius 2 is 1.85 bits per heavy atom. The van der Waals surface area contributed by atoms with Crippen LogP contribution in [0.15, 0.2) is 60.9 Å². The van der Waals surface area contributed by atoms with Crippen LogP contribution >= 0.6 is 0 Å². The van der Waals surface area contributed by atoms with Crippen LogP contribution in [0.5, 0.6) is 0 Å². The van der Waals surface area contributed by atoms with Gasteiger partial charge in [-0.1, -0.05) is 68.2 Å². The zero-order chi connectivity index (χ0) is 22.9. The summed E-state index contributed by atoms with van der Waals surface area (Å²) in [5.74, 6) is -0.0522. The Morgan fingerprint density at radius 1 is 1.03 bits per heavy atom. The smallest absolute Gasteiger partial charge is 0.251 e. The fraction of sp³-hybridized carbons (Fsp3) is 0.370. The maximum atomic E-state index is 12.5. The van der Waals surface area contributed by atoms with E-state index in [9.17, 15) is 4.79 Å². The van der Waals surface area contributed by atoms with Crippen LogP contribution in [0.3, 0.4) is 0 Å². The molecule has 0 bridgehead atoms. The third-order valence-corrected chi connectivity index (χ3v) is 6.04. The molecule has 2 aromatic heterocycles. The number of carbonyl (C=O) groups excluding carboxylic acids is 1. The molecule has 0 aliphatic rings. The lowest BCUT2D eigenvalue weighted by atomic mass is 10.0. The highest BCUT2D eigenvalue weighted by Gasteiger charge is 2.08. The van der Waals surface area contributed by atoms with Crippen molar-refractivity contribution in [2.24, 2.45) is 0 Å². The predicted octanol–water partition coefficient (Wildman–Crippen LogP) is 5.29. The third-order valence-electron chi connectivity index (χ3n) is 6.04. The van der Waals surface area contributed by atoms with Gasteiger partial charge in [-0.15, -0.1) is 5.10 Å². The van der Waals surface area contributed by atoms with Crippen LogP contribution in [0.1, 0.15) is 66.2 Å². The zero-order valence-electron chi connectivity index (χ0n) is 19.4. The van der Waals surface area contributed by atoms with Crippen molar-refractivity contribution in [3.8, 4) is 0 Å². The van der Waals surface area contributed by atoms with Gasteiger partial charge in [-0.05, 0) is 42.2 Å². The van der Waals surface area contributed by atoms with Crippen LogP contribution in [0.25, 0.3) is 10.9 Å². The van der Waals surface area contributed by atoms with Crippen molar-refractivity contribution < 1.29 is 4.79 Å². The van der Waals surface area contributed by atoms with Crippen molar-refractivity contribution in [3.63, 3.8) is 0 Å². The first-order valence-corrected chi connectivity index (χ1v) is 12.0. The van der Waals surface area contributed by atoms with Gasteiger partial charge in [-0.3, -0.25) is 9.48 Å². The molecular formula is C27H33N5O. The van der Waals surface area contributed by atoms with E-state index >= 15 is 0 Å². The summed E-state index contributed by atoms with van der Waals surface area (Å²) in [6.07, 6.45) is 12.2. The molecule has 1 amide bonds. The minimum absolute atomic E-state index is 0.0522. The Labute approximate surface area is 195 Å². The van der Waals surface area contributed by atoms with Gasteiger partial charge in [0, 0.05) is 41.8 Å². The molecule has 4 aromatic rings. The van der Waals surface area contributed by atoms with Crippen LogP contribution in [0.4, 0.5) is 0 Å². The second kappa shape index (κ2) is 11.5.